The van der Waals surface area contributed by atoms with Crippen LogP contribution >= 0.6 is 22.7 Å². The van der Waals surface area contributed by atoms with Gasteiger partial charge in [-0.15, -0.1) is 11.3 Å². The standard InChI is InChI=1S/C13H12N2O3S2/c16-12(15-3-1-8(6-15)13(17)18)10-5-14-11(20-10)9-2-4-19-7-9/h2,4-5,7-8H,1,3,6H2,(H,17,18). The minimum atomic E-state index is -0.830. The van der Waals surface area contributed by atoms with E-state index in [1.807, 2.05) is 16.8 Å². The molecule has 1 atom stereocenters. The summed E-state index contributed by atoms with van der Waals surface area (Å²) in [5.41, 5.74) is 1.02. The fraction of sp³-hybridized carbons (Fsp3) is 0.308. The van der Waals surface area contributed by atoms with E-state index in [0.29, 0.717) is 24.4 Å². The lowest BCUT2D eigenvalue weighted by Crippen LogP contribution is -2.29. The molecule has 5 nitrogen and oxygen atoms in total. The number of carbonyl (C=O) groups excluding carboxylic acids is 1. The average molecular weight is 308 g/mol. The Labute approximate surface area is 123 Å². The summed E-state index contributed by atoms with van der Waals surface area (Å²) in [7, 11) is 0. The maximum Gasteiger partial charge on any atom is 0.308 e. The highest BCUT2D eigenvalue weighted by Gasteiger charge is 2.32. The van der Waals surface area contributed by atoms with Crippen LogP contribution in [0.15, 0.2) is 23.0 Å². The number of thiophene rings is 1. The summed E-state index contributed by atoms with van der Waals surface area (Å²) < 4.78 is 0. The Morgan fingerprint density at radius 1 is 1.45 bits per heavy atom. The molecule has 1 saturated heterocycles. The summed E-state index contributed by atoms with van der Waals surface area (Å²) in [6.45, 7) is 0.793. The Morgan fingerprint density at radius 2 is 2.30 bits per heavy atom. The van der Waals surface area contributed by atoms with Crippen LogP contribution in [0.4, 0.5) is 0 Å². The number of nitrogens with zero attached hydrogens (tertiary/aromatic N) is 2. The molecule has 3 heterocycles. The van der Waals surface area contributed by atoms with Gasteiger partial charge >= 0.3 is 5.97 Å². The van der Waals surface area contributed by atoms with E-state index in [0.717, 1.165) is 10.6 Å². The van der Waals surface area contributed by atoms with Crippen LogP contribution in [0.25, 0.3) is 10.6 Å². The van der Waals surface area contributed by atoms with Crippen molar-refractivity contribution in [3.05, 3.63) is 27.9 Å². The molecule has 1 aliphatic heterocycles. The molecule has 1 unspecified atom stereocenters. The molecule has 7 heteroatoms. The SMILES string of the molecule is O=C(O)C1CCN(C(=O)c2cnc(-c3ccsc3)s2)C1. The molecule has 0 radical (unpaired) electrons. The smallest absolute Gasteiger partial charge is 0.308 e. The lowest BCUT2D eigenvalue weighted by Gasteiger charge is -2.13. The van der Waals surface area contributed by atoms with Gasteiger partial charge in [-0.3, -0.25) is 9.59 Å². The van der Waals surface area contributed by atoms with E-state index in [-0.39, 0.29) is 5.91 Å². The number of carboxylic acids is 1. The van der Waals surface area contributed by atoms with Crippen molar-refractivity contribution < 1.29 is 14.7 Å². The summed E-state index contributed by atoms with van der Waals surface area (Å²) in [6, 6.07) is 1.97. The van der Waals surface area contributed by atoms with Gasteiger partial charge in [-0.2, -0.15) is 11.3 Å². The second kappa shape index (κ2) is 5.34. The zero-order valence-corrected chi connectivity index (χ0v) is 12.1. The molecule has 2 aromatic rings. The molecule has 2 aromatic heterocycles. The first-order valence-electron chi connectivity index (χ1n) is 6.15. The molecule has 20 heavy (non-hydrogen) atoms. The van der Waals surface area contributed by atoms with Gasteiger partial charge in [0.05, 0.1) is 12.1 Å². The van der Waals surface area contributed by atoms with Crippen molar-refractivity contribution in [2.45, 2.75) is 6.42 Å². The van der Waals surface area contributed by atoms with Crippen LogP contribution in [-0.4, -0.2) is 40.0 Å². The van der Waals surface area contributed by atoms with Crippen LogP contribution in [-0.2, 0) is 4.79 Å². The number of thiazole rings is 1. The number of carbonyl (C=O) groups is 2. The number of carboxylic acid groups (broad SMARTS) is 1. The van der Waals surface area contributed by atoms with Crippen molar-refractivity contribution in [2.75, 3.05) is 13.1 Å². The highest BCUT2D eigenvalue weighted by molar-refractivity contribution is 7.17. The van der Waals surface area contributed by atoms with Gasteiger partial charge in [-0.25, -0.2) is 4.98 Å². The van der Waals surface area contributed by atoms with E-state index in [2.05, 4.69) is 4.98 Å². The first kappa shape index (κ1) is 13.3. The van der Waals surface area contributed by atoms with Crippen molar-refractivity contribution in [3.8, 4) is 10.6 Å². The molecule has 1 aliphatic rings. The van der Waals surface area contributed by atoms with Crippen LogP contribution in [0, 0.1) is 5.92 Å². The Morgan fingerprint density at radius 3 is 2.95 bits per heavy atom. The van der Waals surface area contributed by atoms with Crippen LogP contribution in [0.1, 0.15) is 16.1 Å². The van der Waals surface area contributed by atoms with Crippen LogP contribution in [0.3, 0.4) is 0 Å². The maximum atomic E-state index is 12.3. The quantitative estimate of drug-likeness (QED) is 0.945. The van der Waals surface area contributed by atoms with Crippen molar-refractivity contribution in [1.29, 1.82) is 0 Å². The second-order valence-electron chi connectivity index (χ2n) is 4.62. The van der Waals surface area contributed by atoms with Gasteiger partial charge < -0.3 is 10.0 Å². The van der Waals surface area contributed by atoms with E-state index in [4.69, 9.17) is 5.11 Å². The van der Waals surface area contributed by atoms with Crippen molar-refractivity contribution >= 4 is 34.6 Å². The van der Waals surface area contributed by atoms with Crippen LogP contribution < -0.4 is 0 Å². The van der Waals surface area contributed by atoms with E-state index in [9.17, 15) is 9.59 Å². The summed E-state index contributed by atoms with van der Waals surface area (Å²) >= 11 is 2.94. The lowest BCUT2D eigenvalue weighted by molar-refractivity contribution is -0.141. The molecular formula is C13H12N2O3S2. The molecule has 1 amide bonds. The van der Waals surface area contributed by atoms with E-state index in [1.54, 1.807) is 22.4 Å². The minimum absolute atomic E-state index is 0.118. The van der Waals surface area contributed by atoms with E-state index in [1.165, 1.54) is 11.3 Å². The number of aromatic nitrogens is 1. The van der Waals surface area contributed by atoms with Crippen molar-refractivity contribution in [2.24, 2.45) is 5.92 Å². The molecule has 0 saturated carbocycles. The minimum Gasteiger partial charge on any atom is -0.481 e. The highest BCUT2D eigenvalue weighted by atomic mass is 32.1. The van der Waals surface area contributed by atoms with Gasteiger partial charge in [0, 0.05) is 24.0 Å². The number of hydrogen-bond acceptors (Lipinski definition) is 5. The zero-order chi connectivity index (χ0) is 14.1. The van der Waals surface area contributed by atoms with Crippen molar-refractivity contribution in [1.82, 2.24) is 9.88 Å². The lowest BCUT2D eigenvalue weighted by atomic mass is 10.1. The third-order valence-corrected chi connectivity index (χ3v) is 5.03. The molecule has 3 rings (SSSR count). The number of likely N-dealkylation sites (tertiary alicyclic amines) is 1. The fourth-order valence-corrected chi connectivity index (χ4v) is 3.79. The van der Waals surface area contributed by atoms with Gasteiger partial charge in [0.2, 0.25) is 0 Å². The second-order valence-corrected chi connectivity index (χ2v) is 6.43. The zero-order valence-electron chi connectivity index (χ0n) is 10.5. The first-order chi connectivity index (χ1) is 9.65. The molecule has 0 spiro atoms. The number of hydrogen-bond donors (Lipinski definition) is 1. The average Bonchev–Trinajstić information content (AvgIpc) is 3.17. The molecule has 0 bridgehead atoms. The Balaban J connectivity index is 1.74. The molecular weight excluding hydrogens is 296 g/mol. The van der Waals surface area contributed by atoms with Gasteiger partial charge in [0.15, 0.2) is 0 Å². The van der Waals surface area contributed by atoms with Gasteiger partial charge in [0.1, 0.15) is 9.88 Å². The van der Waals surface area contributed by atoms with Gasteiger partial charge in [-0.05, 0) is 17.9 Å². The first-order valence-corrected chi connectivity index (χ1v) is 7.91. The van der Waals surface area contributed by atoms with Crippen molar-refractivity contribution in [3.63, 3.8) is 0 Å². The summed E-state index contributed by atoms with van der Waals surface area (Å²) in [5.74, 6) is -1.39. The predicted molar refractivity (Wildman–Crippen MR) is 77.1 cm³/mol. The Hall–Kier alpha value is -1.73. The summed E-state index contributed by atoms with van der Waals surface area (Å²) in [5, 5.41) is 13.7. The van der Waals surface area contributed by atoms with Crippen LogP contribution in [0.2, 0.25) is 0 Å². The summed E-state index contributed by atoms with van der Waals surface area (Å²) in [4.78, 5) is 29.7. The molecule has 0 aromatic carbocycles. The van der Waals surface area contributed by atoms with E-state index >= 15 is 0 Å². The molecule has 1 N–H and O–H groups in total. The topological polar surface area (TPSA) is 70.5 Å². The Kier molecular flexibility index (Phi) is 3.54. The molecule has 104 valence electrons. The maximum absolute atomic E-state index is 12.3. The number of aliphatic carboxylic acids is 1. The highest BCUT2D eigenvalue weighted by Crippen LogP contribution is 2.28. The third kappa shape index (κ3) is 2.46. The number of amides is 1. The van der Waals surface area contributed by atoms with Gasteiger partial charge in [0.25, 0.3) is 5.91 Å². The van der Waals surface area contributed by atoms with Crippen LogP contribution in [0.5, 0.6) is 0 Å². The molecule has 1 fully saturated rings. The third-order valence-electron chi connectivity index (χ3n) is 3.31. The Bertz CT molecular complexity index is 636. The number of rotatable bonds is 3. The van der Waals surface area contributed by atoms with E-state index < -0.39 is 11.9 Å². The largest absolute Gasteiger partial charge is 0.481 e. The predicted octanol–water partition coefficient (Wildman–Crippen LogP) is 2.42. The normalized spacial score (nSPS) is 18.4. The molecule has 0 aliphatic carbocycles. The fourth-order valence-electron chi connectivity index (χ4n) is 2.19. The van der Waals surface area contributed by atoms with Gasteiger partial charge in [-0.1, -0.05) is 0 Å². The summed E-state index contributed by atoms with van der Waals surface area (Å²) in [6.07, 6.45) is 2.10. The monoisotopic (exact) mass is 308 g/mol.